The minimum Gasteiger partial charge on any atom is -0.334 e. The van der Waals surface area contributed by atoms with Crippen LogP contribution in [0.4, 0.5) is 0 Å². The molecule has 3 heterocycles. The second-order valence-electron chi connectivity index (χ2n) is 6.59. The zero-order valence-corrected chi connectivity index (χ0v) is 17.3. The van der Waals surface area contributed by atoms with Gasteiger partial charge >= 0.3 is 0 Å². The molecule has 0 bridgehead atoms. The third kappa shape index (κ3) is 3.88. The Balaban J connectivity index is 1.45. The molecule has 3 aromatic rings. The molecule has 0 unspecified atom stereocenters. The Bertz CT molecular complexity index is 1050. The minimum atomic E-state index is -0.185. The molecule has 2 amide bonds. The lowest BCUT2D eigenvalue weighted by molar-refractivity contribution is 0.0528. The van der Waals surface area contributed by atoms with Crippen molar-refractivity contribution in [2.75, 3.05) is 26.2 Å². The number of carbonyl (C=O) groups excluding carboxylic acids is 2. The summed E-state index contributed by atoms with van der Waals surface area (Å²) in [5.74, 6) is -0.364. The summed E-state index contributed by atoms with van der Waals surface area (Å²) in [7, 11) is 0. The monoisotopic (exact) mass is 455 g/mol. The van der Waals surface area contributed by atoms with E-state index < -0.39 is 0 Å². The topological polar surface area (TPSA) is 97.1 Å². The predicted molar refractivity (Wildman–Crippen MR) is 108 cm³/mol. The number of carbonyl (C=O) groups is 2. The Hall–Kier alpha value is -3.14. The molecule has 1 saturated heterocycles. The molecule has 0 aliphatic carbocycles. The first kappa shape index (κ1) is 19.2. The third-order valence-corrected chi connectivity index (χ3v) is 5.28. The van der Waals surface area contributed by atoms with Gasteiger partial charge in [0.05, 0.1) is 17.6 Å². The summed E-state index contributed by atoms with van der Waals surface area (Å²) in [6.07, 6.45) is 4.46. The molecular weight excluding hydrogens is 438 g/mol. The Kier molecular flexibility index (Phi) is 5.34. The number of rotatable bonds is 3. The number of halogens is 1. The van der Waals surface area contributed by atoms with Crippen molar-refractivity contribution in [1.29, 1.82) is 0 Å². The molecule has 1 aliphatic heterocycles. The van der Waals surface area contributed by atoms with E-state index in [2.05, 4.69) is 36.2 Å². The van der Waals surface area contributed by atoms with Gasteiger partial charge in [-0.05, 0) is 25.1 Å². The summed E-state index contributed by atoms with van der Waals surface area (Å²) in [5.41, 5.74) is 2.12. The van der Waals surface area contributed by atoms with Crippen molar-refractivity contribution < 1.29 is 9.59 Å². The molecule has 1 aliphatic rings. The molecule has 10 heteroatoms. The molecule has 29 heavy (non-hydrogen) atoms. The van der Waals surface area contributed by atoms with E-state index >= 15 is 0 Å². The van der Waals surface area contributed by atoms with Crippen LogP contribution < -0.4 is 0 Å². The van der Waals surface area contributed by atoms with Gasteiger partial charge < -0.3 is 9.80 Å². The van der Waals surface area contributed by atoms with Gasteiger partial charge in [-0.2, -0.15) is 0 Å². The van der Waals surface area contributed by atoms with E-state index in [0.29, 0.717) is 43.3 Å². The predicted octanol–water partition coefficient (Wildman–Crippen LogP) is 1.73. The Morgan fingerprint density at radius 2 is 1.76 bits per heavy atom. The second kappa shape index (κ2) is 8.08. The van der Waals surface area contributed by atoms with Gasteiger partial charge in [-0.15, -0.1) is 5.10 Å². The minimum absolute atomic E-state index is 0.179. The lowest BCUT2D eigenvalue weighted by Crippen LogP contribution is -2.51. The molecule has 2 aromatic heterocycles. The summed E-state index contributed by atoms with van der Waals surface area (Å²) in [6, 6.07) is 7.63. The number of hydrogen-bond donors (Lipinski definition) is 0. The highest BCUT2D eigenvalue weighted by atomic mass is 79.9. The number of hydrogen-bond acceptors (Lipinski definition) is 6. The van der Waals surface area contributed by atoms with E-state index in [1.165, 1.54) is 18.6 Å². The van der Waals surface area contributed by atoms with E-state index in [0.717, 1.165) is 10.2 Å². The number of piperazine rings is 1. The summed E-state index contributed by atoms with van der Waals surface area (Å²) >= 11 is 3.44. The molecule has 0 saturated carbocycles. The van der Waals surface area contributed by atoms with Crippen LogP contribution in [-0.4, -0.2) is 72.8 Å². The average molecular weight is 456 g/mol. The van der Waals surface area contributed by atoms with Crippen LogP contribution in [0.2, 0.25) is 0 Å². The molecule has 0 N–H and O–H groups in total. The first-order valence-electron chi connectivity index (χ1n) is 9.07. The fourth-order valence-electron chi connectivity index (χ4n) is 3.21. The Morgan fingerprint density at radius 3 is 2.41 bits per heavy atom. The van der Waals surface area contributed by atoms with Crippen molar-refractivity contribution in [2.24, 2.45) is 0 Å². The zero-order chi connectivity index (χ0) is 20.4. The van der Waals surface area contributed by atoms with Crippen molar-refractivity contribution in [3.05, 3.63) is 64.4 Å². The fraction of sp³-hybridized carbons (Fsp3) is 0.263. The van der Waals surface area contributed by atoms with E-state index in [1.807, 2.05) is 31.2 Å². The molecule has 0 spiro atoms. The van der Waals surface area contributed by atoms with Gasteiger partial charge in [-0.1, -0.05) is 27.2 Å². The van der Waals surface area contributed by atoms with E-state index in [4.69, 9.17) is 0 Å². The number of benzene rings is 1. The third-order valence-electron chi connectivity index (χ3n) is 4.79. The lowest BCUT2D eigenvalue weighted by atomic mass is 10.2. The normalized spacial score (nSPS) is 14.1. The first-order chi connectivity index (χ1) is 14.0. The summed E-state index contributed by atoms with van der Waals surface area (Å²) < 4.78 is 2.56. The maximum atomic E-state index is 13.0. The average Bonchev–Trinajstić information content (AvgIpc) is 3.15. The van der Waals surface area contributed by atoms with Gasteiger partial charge in [-0.3, -0.25) is 14.6 Å². The van der Waals surface area contributed by atoms with Crippen LogP contribution >= 0.6 is 15.9 Å². The number of amides is 2. The Labute approximate surface area is 175 Å². The van der Waals surface area contributed by atoms with Crippen LogP contribution in [0.25, 0.3) is 5.69 Å². The smallest absolute Gasteiger partial charge is 0.276 e. The van der Waals surface area contributed by atoms with E-state index in [1.54, 1.807) is 14.5 Å². The Morgan fingerprint density at radius 1 is 1.03 bits per heavy atom. The van der Waals surface area contributed by atoms with Crippen LogP contribution in [0.15, 0.2) is 47.3 Å². The molecule has 0 atom stereocenters. The number of nitrogens with zero attached hydrogens (tertiary/aromatic N) is 7. The standard InChI is InChI=1S/C19H18BrN7O2/c1-13-17(23-24-27(13)15-4-2-3-14(20)11-15)19(29)26-9-7-25(8-10-26)18(28)16-12-21-5-6-22-16/h2-6,11-12H,7-10H2,1H3. The molecule has 4 rings (SSSR count). The second-order valence-corrected chi connectivity index (χ2v) is 7.51. The first-order valence-corrected chi connectivity index (χ1v) is 9.86. The van der Waals surface area contributed by atoms with Gasteiger partial charge in [0.2, 0.25) is 0 Å². The molecule has 1 aromatic carbocycles. The fourth-order valence-corrected chi connectivity index (χ4v) is 3.60. The van der Waals surface area contributed by atoms with Gasteiger partial charge in [0.1, 0.15) is 5.69 Å². The van der Waals surface area contributed by atoms with Crippen molar-refractivity contribution in [3.8, 4) is 5.69 Å². The highest BCUT2D eigenvalue weighted by Gasteiger charge is 2.29. The molecule has 1 fully saturated rings. The SMILES string of the molecule is Cc1c(C(=O)N2CCN(C(=O)c3cnccn3)CC2)nnn1-c1cccc(Br)c1. The van der Waals surface area contributed by atoms with Crippen molar-refractivity contribution in [3.63, 3.8) is 0 Å². The quantitative estimate of drug-likeness (QED) is 0.596. The van der Waals surface area contributed by atoms with Crippen molar-refractivity contribution >= 4 is 27.7 Å². The zero-order valence-electron chi connectivity index (χ0n) is 15.7. The maximum absolute atomic E-state index is 13.0. The van der Waals surface area contributed by atoms with Gasteiger partial charge in [0.15, 0.2) is 5.69 Å². The van der Waals surface area contributed by atoms with Crippen LogP contribution in [-0.2, 0) is 0 Å². The molecule has 9 nitrogen and oxygen atoms in total. The highest BCUT2D eigenvalue weighted by Crippen LogP contribution is 2.18. The van der Waals surface area contributed by atoms with Gasteiger partial charge in [-0.25, -0.2) is 9.67 Å². The van der Waals surface area contributed by atoms with Crippen LogP contribution in [0.1, 0.15) is 26.7 Å². The van der Waals surface area contributed by atoms with E-state index in [-0.39, 0.29) is 11.8 Å². The van der Waals surface area contributed by atoms with Crippen LogP contribution in [0.5, 0.6) is 0 Å². The lowest BCUT2D eigenvalue weighted by Gasteiger charge is -2.34. The number of aromatic nitrogens is 5. The maximum Gasteiger partial charge on any atom is 0.276 e. The van der Waals surface area contributed by atoms with Crippen LogP contribution in [0.3, 0.4) is 0 Å². The summed E-state index contributed by atoms with van der Waals surface area (Å²) in [5, 5.41) is 8.25. The van der Waals surface area contributed by atoms with Crippen molar-refractivity contribution in [1.82, 2.24) is 34.8 Å². The van der Waals surface area contributed by atoms with Crippen LogP contribution in [0, 0.1) is 6.92 Å². The molecule has 148 valence electrons. The van der Waals surface area contributed by atoms with Gasteiger partial charge in [0.25, 0.3) is 11.8 Å². The molecular formula is C19H18BrN7O2. The summed E-state index contributed by atoms with van der Waals surface area (Å²) in [6.45, 7) is 3.53. The van der Waals surface area contributed by atoms with Gasteiger partial charge in [0, 0.05) is 43.0 Å². The van der Waals surface area contributed by atoms with E-state index in [9.17, 15) is 9.59 Å². The summed E-state index contributed by atoms with van der Waals surface area (Å²) in [4.78, 5) is 36.8. The van der Waals surface area contributed by atoms with Crippen molar-refractivity contribution in [2.45, 2.75) is 6.92 Å². The highest BCUT2D eigenvalue weighted by molar-refractivity contribution is 9.10. The molecule has 0 radical (unpaired) electrons. The largest absolute Gasteiger partial charge is 0.334 e.